The van der Waals surface area contributed by atoms with Crippen LogP contribution < -0.4 is 5.32 Å². The van der Waals surface area contributed by atoms with Crippen molar-refractivity contribution in [3.63, 3.8) is 0 Å². The summed E-state index contributed by atoms with van der Waals surface area (Å²) in [5.41, 5.74) is 1.41. The fourth-order valence-corrected chi connectivity index (χ4v) is 1.21. The molecule has 0 aromatic heterocycles. The first-order valence-corrected chi connectivity index (χ1v) is 4.40. The predicted molar refractivity (Wildman–Crippen MR) is 53.9 cm³/mol. The summed E-state index contributed by atoms with van der Waals surface area (Å²) in [5.74, 6) is -1.08. The molecule has 0 atom stereocenters. The maximum atomic E-state index is 13.1. The number of hydrogen-bond donors (Lipinski definition) is 1. The molecule has 0 amide bonds. The molecule has 14 heavy (non-hydrogen) atoms. The molecular formula is C11H13F2N. The SMILES string of the molecule is CNCC(C)=Cc1ccc(F)cc1F. The van der Waals surface area contributed by atoms with E-state index in [9.17, 15) is 8.78 Å². The lowest BCUT2D eigenvalue weighted by Gasteiger charge is -2.01. The lowest BCUT2D eigenvalue weighted by molar-refractivity contribution is 0.581. The first-order chi connectivity index (χ1) is 6.63. The van der Waals surface area contributed by atoms with Crippen LogP contribution in [0.3, 0.4) is 0 Å². The molecule has 1 rings (SSSR count). The number of benzene rings is 1. The molecule has 0 aliphatic heterocycles. The van der Waals surface area contributed by atoms with Crippen LogP contribution in [0, 0.1) is 11.6 Å². The van der Waals surface area contributed by atoms with E-state index in [1.54, 1.807) is 6.08 Å². The van der Waals surface area contributed by atoms with Crippen molar-refractivity contribution in [1.29, 1.82) is 0 Å². The lowest BCUT2D eigenvalue weighted by Crippen LogP contribution is -2.08. The number of halogens is 2. The molecule has 1 N–H and O–H groups in total. The highest BCUT2D eigenvalue weighted by Crippen LogP contribution is 2.12. The standard InChI is InChI=1S/C11H13F2N/c1-8(7-14-2)5-9-3-4-10(12)6-11(9)13/h3-6,14H,7H2,1-2H3. The van der Waals surface area contributed by atoms with E-state index in [0.29, 0.717) is 12.1 Å². The molecule has 0 spiro atoms. The third-order valence-electron chi connectivity index (χ3n) is 1.82. The van der Waals surface area contributed by atoms with E-state index in [0.717, 1.165) is 11.6 Å². The zero-order valence-electron chi connectivity index (χ0n) is 8.27. The highest BCUT2D eigenvalue weighted by Gasteiger charge is 2.00. The van der Waals surface area contributed by atoms with E-state index in [2.05, 4.69) is 5.32 Å². The van der Waals surface area contributed by atoms with Gasteiger partial charge in [0.05, 0.1) is 0 Å². The second-order valence-corrected chi connectivity index (χ2v) is 3.19. The molecule has 0 aliphatic rings. The minimum atomic E-state index is -0.550. The summed E-state index contributed by atoms with van der Waals surface area (Å²) in [7, 11) is 1.82. The van der Waals surface area contributed by atoms with Crippen LogP contribution in [0.25, 0.3) is 6.08 Å². The summed E-state index contributed by atoms with van der Waals surface area (Å²) in [6.45, 7) is 2.58. The quantitative estimate of drug-likeness (QED) is 0.785. The summed E-state index contributed by atoms with van der Waals surface area (Å²) in [4.78, 5) is 0. The largest absolute Gasteiger partial charge is 0.316 e. The number of likely N-dealkylation sites (N-methyl/N-ethyl adjacent to an activating group) is 1. The van der Waals surface area contributed by atoms with Gasteiger partial charge in [-0.1, -0.05) is 11.6 Å². The van der Waals surface area contributed by atoms with Crippen molar-refractivity contribution in [2.75, 3.05) is 13.6 Å². The maximum absolute atomic E-state index is 13.1. The van der Waals surface area contributed by atoms with Crippen LogP contribution in [0.2, 0.25) is 0 Å². The summed E-state index contributed by atoms with van der Waals surface area (Å²) >= 11 is 0. The van der Waals surface area contributed by atoms with Crippen LogP contribution >= 0.6 is 0 Å². The fraction of sp³-hybridized carbons (Fsp3) is 0.273. The molecule has 0 fully saturated rings. The van der Waals surface area contributed by atoms with E-state index in [1.165, 1.54) is 12.1 Å². The molecule has 0 saturated heterocycles. The molecule has 0 aliphatic carbocycles. The van der Waals surface area contributed by atoms with Crippen molar-refractivity contribution in [2.24, 2.45) is 0 Å². The van der Waals surface area contributed by atoms with Gasteiger partial charge in [-0.15, -0.1) is 0 Å². The van der Waals surface area contributed by atoms with Crippen LogP contribution in [0.4, 0.5) is 8.78 Å². The second-order valence-electron chi connectivity index (χ2n) is 3.19. The molecule has 0 bridgehead atoms. The Bertz CT molecular complexity index is 345. The average molecular weight is 197 g/mol. The van der Waals surface area contributed by atoms with Gasteiger partial charge in [-0.05, 0) is 26.1 Å². The summed E-state index contributed by atoms with van der Waals surface area (Å²) in [6.07, 6.45) is 1.70. The summed E-state index contributed by atoms with van der Waals surface area (Å²) in [5, 5.41) is 2.95. The molecule has 1 aromatic carbocycles. The smallest absolute Gasteiger partial charge is 0.133 e. The van der Waals surface area contributed by atoms with Crippen LogP contribution in [0.1, 0.15) is 12.5 Å². The van der Waals surface area contributed by atoms with Gasteiger partial charge >= 0.3 is 0 Å². The first kappa shape index (κ1) is 10.9. The summed E-state index contributed by atoms with van der Waals surface area (Å²) < 4.78 is 25.7. The van der Waals surface area contributed by atoms with Crippen LogP contribution in [-0.4, -0.2) is 13.6 Å². The normalized spacial score (nSPS) is 11.9. The highest BCUT2D eigenvalue weighted by molar-refractivity contribution is 5.53. The molecule has 1 aromatic rings. The number of rotatable bonds is 3. The minimum Gasteiger partial charge on any atom is -0.316 e. The van der Waals surface area contributed by atoms with Gasteiger partial charge in [-0.2, -0.15) is 0 Å². The van der Waals surface area contributed by atoms with E-state index < -0.39 is 11.6 Å². The van der Waals surface area contributed by atoms with Gasteiger partial charge in [0.15, 0.2) is 0 Å². The van der Waals surface area contributed by atoms with E-state index in [4.69, 9.17) is 0 Å². The zero-order chi connectivity index (χ0) is 10.6. The van der Waals surface area contributed by atoms with Gasteiger partial charge in [0.1, 0.15) is 11.6 Å². The van der Waals surface area contributed by atoms with Gasteiger partial charge in [-0.25, -0.2) is 8.78 Å². The Kier molecular flexibility index (Phi) is 3.77. The Balaban J connectivity index is 2.91. The van der Waals surface area contributed by atoms with Gasteiger partial charge in [0.25, 0.3) is 0 Å². The van der Waals surface area contributed by atoms with Crippen molar-refractivity contribution in [1.82, 2.24) is 5.32 Å². The maximum Gasteiger partial charge on any atom is 0.133 e. The Labute approximate surface area is 82.4 Å². The van der Waals surface area contributed by atoms with Gasteiger partial charge in [0, 0.05) is 18.2 Å². The molecule has 0 heterocycles. The summed E-state index contributed by atoms with van der Waals surface area (Å²) in [6, 6.07) is 3.57. The highest BCUT2D eigenvalue weighted by atomic mass is 19.1. The fourth-order valence-electron chi connectivity index (χ4n) is 1.21. The van der Waals surface area contributed by atoms with Crippen LogP contribution in [0.5, 0.6) is 0 Å². The molecule has 0 unspecified atom stereocenters. The lowest BCUT2D eigenvalue weighted by atomic mass is 10.1. The first-order valence-electron chi connectivity index (χ1n) is 4.40. The number of nitrogens with one attached hydrogen (secondary N) is 1. The van der Waals surface area contributed by atoms with E-state index in [1.807, 2.05) is 14.0 Å². The van der Waals surface area contributed by atoms with Crippen molar-refractivity contribution < 1.29 is 8.78 Å². The van der Waals surface area contributed by atoms with Gasteiger partial charge < -0.3 is 5.32 Å². The molecule has 0 radical (unpaired) electrons. The average Bonchev–Trinajstić information content (AvgIpc) is 2.10. The second kappa shape index (κ2) is 4.86. The third kappa shape index (κ3) is 2.92. The van der Waals surface area contributed by atoms with Crippen molar-refractivity contribution in [3.05, 3.63) is 41.0 Å². The Morgan fingerprint density at radius 1 is 1.43 bits per heavy atom. The van der Waals surface area contributed by atoms with Crippen molar-refractivity contribution in [2.45, 2.75) is 6.92 Å². The zero-order valence-corrected chi connectivity index (χ0v) is 8.27. The Morgan fingerprint density at radius 2 is 2.14 bits per heavy atom. The van der Waals surface area contributed by atoms with Crippen LogP contribution in [-0.2, 0) is 0 Å². The Morgan fingerprint density at radius 3 is 2.71 bits per heavy atom. The van der Waals surface area contributed by atoms with E-state index >= 15 is 0 Å². The number of hydrogen-bond acceptors (Lipinski definition) is 1. The van der Waals surface area contributed by atoms with Gasteiger partial charge in [-0.3, -0.25) is 0 Å². The molecule has 0 saturated carbocycles. The van der Waals surface area contributed by atoms with E-state index in [-0.39, 0.29) is 0 Å². The molecule has 3 heteroatoms. The predicted octanol–water partition coefficient (Wildman–Crippen LogP) is 2.59. The van der Waals surface area contributed by atoms with Crippen LogP contribution in [0.15, 0.2) is 23.8 Å². The molecule has 1 nitrogen and oxygen atoms in total. The minimum absolute atomic E-state index is 0.416. The topological polar surface area (TPSA) is 12.0 Å². The molecular weight excluding hydrogens is 184 g/mol. The monoisotopic (exact) mass is 197 g/mol. The third-order valence-corrected chi connectivity index (χ3v) is 1.82. The molecule has 76 valence electrons. The van der Waals surface area contributed by atoms with Crippen molar-refractivity contribution in [3.8, 4) is 0 Å². The Hall–Kier alpha value is -1.22. The van der Waals surface area contributed by atoms with Crippen molar-refractivity contribution >= 4 is 6.08 Å². The van der Waals surface area contributed by atoms with Gasteiger partial charge in [0.2, 0.25) is 0 Å².